The molecule has 0 bridgehead atoms. The fourth-order valence-corrected chi connectivity index (χ4v) is 1.81. The Bertz CT molecular complexity index is 191. The maximum absolute atomic E-state index is 11.7. The number of likely N-dealkylation sites (tertiary alicyclic amines) is 1. The second-order valence-corrected chi connectivity index (χ2v) is 4.21. The van der Waals surface area contributed by atoms with Gasteiger partial charge in [-0.25, -0.2) is 0 Å². The lowest BCUT2D eigenvalue weighted by Crippen LogP contribution is -2.47. The molecule has 0 aromatic rings. The summed E-state index contributed by atoms with van der Waals surface area (Å²) >= 11 is 0. The predicted molar refractivity (Wildman–Crippen MR) is 51.3 cm³/mol. The monoisotopic (exact) mass is 185 g/mol. The van der Waals surface area contributed by atoms with Crippen LogP contribution in [0.15, 0.2) is 0 Å². The Morgan fingerprint density at radius 2 is 2.15 bits per heavy atom. The van der Waals surface area contributed by atoms with Gasteiger partial charge in [-0.15, -0.1) is 0 Å². The summed E-state index contributed by atoms with van der Waals surface area (Å²) in [5, 5.41) is 9.38. The van der Waals surface area contributed by atoms with Gasteiger partial charge in [0, 0.05) is 18.5 Å². The van der Waals surface area contributed by atoms with E-state index in [9.17, 15) is 9.90 Å². The number of piperidine rings is 1. The first kappa shape index (κ1) is 10.5. The minimum absolute atomic E-state index is 0.0673. The van der Waals surface area contributed by atoms with E-state index in [0.29, 0.717) is 6.54 Å². The summed E-state index contributed by atoms with van der Waals surface area (Å²) in [6.07, 6.45) is 1.23. The van der Waals surface area contributed by atoms with Crippen molar-refractivity contribution < 1.29 is 9.90 Å². The topological polar surface area (TPSA) is 40.5 Å². The summed E-state index contributed by atoms with van der Waals surface area (Å²) in [4.78, 5) is 13.5. The zero-order chi connectivity index (χ0) is 10.0. The molecule has 0 aromatic heterocycles. The molecule has 0 radical (unpaired) electrons. The lowest BCUT2D eigenvalue weighted by Gasteiger charge is -2.36. The highest BCUT2D eigenvalue weighted by atomic mass is 16.3. The van der Waals surface area contributed by atoms with Crippen LogP contribution >= 0.6 is 0 Å². The lowest BCUT2D eigenvalue weighted by molar-refractivity contribution is -0.139. The number of carbonyl (C=O) groups is 1. The van der Waals surface area contributed by atoms with Gasteiger partial charge in [0.05, 0.1) is 6.10 Å². The zero-order valence-corrected chi connectivity index (χ0v) is 8.66. The summed E-state index contributed by atoms with van der Waals surface area (Å²) in [7, 11) is 0. The summed E-state index contributed by atoms with van der Waals surface area (Å²) in [6.45, 7) is 6.54. The molecule has 3 heteroatoms. The van der Waals surface area contributed by atoms with Gasteiger partial charge in [-0.1, -0.05) is 13.8 Å². The van der Waals surface area contributed by atoms with Crippen molar-refractivity contribution in [3.8, 4) is 0 Å². The highest BCUT2D eigenvalue weighted by Crippen LogP contribution is 2.19. The van der Waals surface area contributed by atoms with E-state index in [1.807, 2.05) is 25.7 Å². The average molecular weight is 185 g/mol. The Morgan fingerprint density at radius 3 is 2.62 bits per heavy atom. The molecular formula is C10H19NO2. The number of aliphatic hydroxyl groups excluding tert-OH is 1. The number of carbonyl (C=O) groups excluding carboxylic acids is 1. The van der Waals surface area contributed by atoms with E-state index in [1.165, 1.54) is 0 Å². The molecule has 76 valence electrons. The largest absolute Gasteiger partial charge is 0.393 e. The zero-order valence-electron chi connectivity index (χ0n) is 8.66. The van der Waals surface area contributed by atoms with Gasteiger partial charge in [-0.3, -0.25) is 4.79 Å². The molecule has 0 aromatic carbocycles. The van der Waals surface area contributed by atoms with Crippen LogP contribution in [-0.4, -0.2) is 34.6 Å². The number of aliphatic hydroxyl groups is 1. The number of nitrogens with zero attached hydrogens (tertiary/aromatic N) is 1. The Hall–Kier alpha value is -0.570. The fourth-order valence-electron chi connectivity index (χ4n) is 1.81. The Kier molecular flexibility index (Phi) is 3.31. The van der Waals surface area contributed by atoms with Gasteiger partial charge in [0.2, 0.25) is 5.91 Å². The quantitative estimate of drug-likeness (QED) is 0.662. The van der Waals surface area contributed by atoms with Gasteiger partial charge >= 0.3 is 0 Å². The van der Waals surface area contributed by atoms with Gasteiger partial charge in [-0.2, -0.15) is 0 Å². The predicted octanol–water partition coefficient (Wildman–Crippen LogP) is 1.01. The third-order valence-electron chi connectivity index (χ3n) is 2.63. The van der Waals surface area contributed by atoms with Crippen molar-refractivity contribution in [2.24, 2.45) is 5.92 Å². The molecule has 2 atom stereocenters. The van der Waals surface area contributed by atoms with Gasteiger partial charge in [0.1, 0.15) is 0 Å². The molecule has 0 aliphatic carbocycles. The number of rotatable bonds is 1. The molecule has 1 N–H and O–H groups in total. The number of amides is 1. The minimum Gasteiger partial charge on any atom is -0.393 e. The van der Waals surface area contributed by atoms with E-state index < -0.39 is 0 Å². The van der Waals surface area contributed by atoms with Crippen LogP contribution in [0.2, 0.25) is 0 Å². The van der Waals surface area contributed by atoms with Crippen molar-refractivity contribution >= 4 is 5.91 Å². The molecule has 1 saturated heterocycles. The van der Waals surface area contributed by atoms with Gasteiger partial charge in [0.25, 0.3) is 0 Å². The third-order valence-corrected chi connectivity index (χ3v) is 2.63. The van der Waals surface area contributed by atoms with Crippen LogP contribution in [-0.2, 0) is 4.79 Å². The first-order valence-electron chi connectivity index (χ1n) is 5.01. The fraction of sp³-hybridized carbons (Fsp3) is 0.900. The minimum atomic E-state index is -0.216. The van der Waals surface area contributed by atoms with Crippen LogP contribution in [0, 0.1) is 5.92 Å². The van der Waals surface area contributed by atoms with Crippen LogP contribution in [0.1, 0.15) is 33.6 Å². The Labute approximate surface area is 79.7 Å². The van der Waals surface area contributed by atoms with Crippen LogP contribution in [0.3, 0.4) is 0 Å². The van der Waals surface area contributed by atoms with Crippen molar-refractivity contribution in [1.82, 2.24) is 4.90 Å². The standard InChI is InChI=1S/C10H19NO2/c1-7(2)10(13)11-5-4-9(12)6-8(11)3/h7-9,12H,4-6H2,1-3H3. The van der Waals surface area contributed by atoms with E-state index in [0.717, 1.165) is 12.8 Å². The molecule has 3 nitrogen and oxygen atoms in total. The molecule has 13 heavy (non-hydrogen) atoms. The molecule has 1 aliphatic heterocycles. The highest BCUT2D eigenvalue weighted by Gasteiger charge is 2.28. The Morgan fingerprint density at radius 1 is 1.54 bits per heavy atom. The maximum Gasteiger partial charge on any atom is 0.225 e. The molecule has 0 saturated carbocycles. The highest BCUT2D eigenvalue weighted by molar-refractivity contribution is 5.78. The van der Waals surface area contributed by atoms with Crippen LogP contribution < -0.4 is 0 Å². The van der Waals surface area contributed by atoms with Crippen LogP contribution in [0.5, 0.6) is 0 Å². The second kappa shape index (κ2) is 4.09. The molecule has 1 fully saturated rings. The van der Waals surface area contributed by atoms with Crippen molar-refractivity contribution in [2.45, 2.75) is 45.8 Å². The first-order chi connectivity index (χ1) is 6.02. The molecule has 1 aliphatic rings. The summed E-state index contributed by atoms with van der Waals surface area (Å²) in [6, 6.07) is 0.193. The van der Waals surface area contributed by atoms with E-state index in [1.54, 1.807) is 0 Å². The molecule has 1 rings (SSSR count). The third kappa shape index (κ3) is 2.44. The van der Waals surface area contributed by atoms with Crippen molar-refractivity contribution in [3.05, 3.63) is 0 Å². The van der Waals surface area contributed by atoms with Crippen molar-refractivity contribution in [2.75, 3.05) is 6.54 Å². The first-order valence-corrected chi connectivity index (χ1v) is 5.01. The SMILES string of the molecule is CC(C)C(=O)N1CCC(O)CC1C. The second-order valence-electron chi connectivity index (χ2n) is 4.21. The molecule has 1 heterocycles. The van der Waals surface area contributed by atoms with E-state index >= 15 is 0 Å². The summed E-state index contributed by atoms with van der Waals surface area (Å²) < 4.78 is 0. The van der Waals surface area contributed by atoms with Gasteiger partial charge < -0.3 is 10.0 Å². The number of hydrogen-bond acceptors (Lipinski definition) is 2. The van der Waals surface area contributed by atoms with Gasteiger partial charge in [-0.05, 0) is 19.8 Å². The van der Waals surface area contributed by atoms with E-state index in [4.69, 9.17) is 0 Å². The normalized spacial score (nSPS) is 29.5. The van der Waals surface area contributed by atoms with Gasteiger partial charge in [0.15, 0.2) is 0 Å². The number of hydrogen-bond donors (Lipinski definition) is 1. The Balaban J connectivity index is 2.56. The summed E-state index contributed by atoms with van der Waals surface area (Å²) in [5.41, 5.74) is 0. The van der Waals surface area contributed by atoms with Crippen LogP contribution in [0.25, 0.3) is 0 Å². The maximum atomic E-state index is 11.7. The van der Waals surface area contributed by atoms with Crippen LogP contribution in [0.4, 0.5) is 0 Å². The van der Waals surface area contributed by atoms with E-state index in [2.05, 4.69) is 0 Å². The average Bonchev–Trinajstić information content (AvgIpc) is 2.03. The molecular weight excluding hydrogens is 166 g/mol. The summed E-state index contributed by atoms with van der Waals surface area (Å²) in [5.74, 6) is 0.275. The van der Waals surface area contributed by atoms with Crippen molar-refractivity contribution in [3.63, 3.8) is 0 Å². The lowest BCUT2D eigenvalue weighted by atomic mass is 9.99. The smallest absolute Gasteiger partial charge is 0.225 e. The molecule has 2 unspecified atom stereocenters. The molecule has 0 spiro atoms. The van der Waals surface area contributed by atoms with Crippen molar-refractivity contribution in [1.29, 1.82) is 0 Å². The van der Waals surface area contributed by atoms with E-state index in [-0.39, 0.29) is 24.0 Å². The molecule has 1 amide bonds.